The highest BCUT2D eigenvalue weighted by Crippen LogP contribution is 2.56. The monoisotopic (exact) mass is 1030 g/mol. The van der Waals surface area contributed by atoms with Gasteiger partial charge in [-0.25, -0.2) is 13.1 Å². The Hall–Kier alpha value is -5.75. The van der Waals surface area contributed by atoms with Crippen molar-refractivity contribution < 1.29 is 32.7 Å². The molecule has 4 N–H and O–H groups in total. The molecule has 17 heteroatoms. The van der Waals surface area contributed by atoms with Crippen LogP contribution >= 0.6 is 0 Å². The number of nitrogens with zero attached hydrogens (tertiary/aromatic N) is 5. The van der Waals surface area contributed by atoms with Crippen LogP contribution in [0.2, 0.25) is 0 Å². The molecule has 0 unspecified atom stereocenters. The lowest BCUT2D eigenvalue weighted by Crippen LogP contribution is -2.58. The predicted molar refractivity (Wildman–Crippen MR) is 287 cm³/mol. The number of aliphatic hydroxyl groups is 1. The summed E-state index contributed by atoms with van der Waals surface area (Å²) in [6, 6.07) is 23.0. The minimum absolute atomic E-state index is 0.122. The van der Waals surface area contributed by atoms with Crippen molar-refractivity contribution in [2.24, 2.45) is 16.7 Å². The minimum atomic E-state index is -4.62. The smallest absolute Gasteiger partial charge is 0.293 e. The molecule has 2 aromatic heterocycles. The van der Waals surface area contributed by atoms with Crippen LogP contribution in [-0.2, 0) is 14.8 Å². The van der Waals surface area contributed by atoms with Gasteiger partial charge in [-0.05, 0) is 154 Å². The Morgan fingerprint density at radius 2 is 1.72 bits per heavy atom. The van der Waals surface area contributed by atoms with Crippen molar-refractivity contribution in [2.45, 2.75) is 146 Å². The van der Waals surface area contributed by atoms with E-state index in [2.05, 4.69) is 81.7 Å². The average Bonchev–Trinajstić information content (AvgIpc) is 3.83. The molecule has 2 aliphatic carbocycles. The maximum Gasteiger partial charge on any atom is 0.293 e. The number of H-pyrrole nitrogens is 1. The van der Waals surface area contributed by atoms with Crippen LogP contribution < -0.4 is 24.6 Å². The summed E-state index contributed by atoms with van der Waals surface area (Å²) < 4.78 is 43.2. The van der Waals surface area contributed by atoms with Gasteiger partial charge in [0, 0.05) is 68.2 Å². The summed E-state index contributed by atoms with van der Waals surface area (Å²) in [5.74, 6) is 0.171. The zero-order chi connectivity index (χ0) is 51.7. The number of fused-ring (bicyclic) bond motifs is 3. The number of ether oxygens (including phenoxy) is 2. The summed E-state index contributed by atoms with van der Waals surface area (Å²) in [5, 5.41) is 26.8. The van der Waals surface area contributed by atoms with Crippen LogP contribution in [0.15, 0.2) is 83.9 Å². The van der Waals surface area contributed by atoms with E-state index in [4.69, 9.17) is 14.5 Å². The van der Waals surface area contributed by atoms with Gasteiger partial charge in [-0.3, -0.25) is 19.8 Å². The van der Waals surface area contributed by atoms with Crippen LogP contribution in [0.1, 0.15) is 139 Å². The number of nitro groups is 1. The highest BCUT2D eigenvalue weighted by molar-refractivity contribution is 7.90. The van der Waals surface area contributed by atoms with Crippen LogP contribution in [0.4, 0.5) is 28.4 Å². The fourth-order valence-electron chi connectivity index (χ4n) is 13.3. The van der Waals surface area contributed by atoms with Crippen molar-refractivity contribution in [1.82, 2.24) is 19.6 Å². The summed E-state index contributed by atoms with van der Waals surface area (Å²) in [4.78, 5) is 41.5. The molecular formula is C57H72N8O8S. The lowest BCUT2D eigenvalue weighted by atomic mass is 9.59. The van der Waals surface area contributed by atoms with Gasteiger partial charge in [0.25, 0.3) is 21.6 Å². The second kappa shape index (κ2) is 19.4. The average molecular weight is 1030 g/mol. The number of carbonyl (C=O) groups excluding carboxylic acids is 1. The molecule has 11 rings (SSSR count). The van der Waals surface area contributed by atoms with Crippen molar-refractivity contribution in [3.05, 3.63) is 106 Å². The summed E-state index contributed by atoms with van der Waals surface area (Å²) in [6.07, 6.45) is 11.6. The molecule has 74 heavy (non-hydrogen) atoms. The van der Waals surface area contributed by atoms with Crippen molar-refractivity contribution in [1.29, 1.82) is 0 Å². The third kappa shape index (κ3) is 9.85. The van der Waals surface area contributed by atoms with E-state index in [-0.39, 0.29) is 34.0 Å². The molecule has 2 saturated carbocycles. The molecule has 6 aliphatic rings. The van der Waals surface area contributed by atoms with Gasteiger partial charge < -0.3 is 34.7 Å². The number of nitro benzene ring substituents is 1. The maximum atomic E-state index is 14.8. The van der Waals surface area contributed by atoms with Gasteiger partial charge in [0.1, 0.15) is 23.1 Å². The first-order valence-electron chi connectivity index (χ1n) is 26.9. The Morgan fingerprint density at radius 3 is 2.47 bits per heavy atom. The second-order valence-electron chi connectivity index (χ2n) is 23.8. The number of piperidine rings is 2. The topological polar surface area (TPSA) is 196 Å². The number of anilines is 4. The predicted octanol–water partition coefficient (Wildman–Crippen LogP) is 10.4. The van der Waals surface area contributed by atoms with Gasteiger partial charge in [-0.2, -0.15) is 4.98 Å². The normalized spacial score (nSPS) is 26.7. The van der Waals surface area contributed by atoms with Gasteiger partial charge in [-0.15, -0.1) is 0 Å². The number of carbonyl (C=O) groups is 1. The van der Waals surface area contributed by atoms with Gasteiger partial charge >= 0.3 is 0 Å². The van der Waals surface area contributed by atoms with Gasteiger partial charge in [0.2, 0.25) is 5.88 Å². The van der Waals surface area contributed by atoms with Crippen molar-refractivity contribution in [3.8, 4) is 5.88 Å². The molecule has 1 spiro atoms. The lowest BCUT2D eigenvalue weighted by molar-refractivity contribution is -0.384. The number of likely N-dealkylation sites (tertiary alicyclic amines) is 1. The summed E-state index contributed by atoms with van der Waals surface area (Å²) >= 11 is 0. The van der Waals surface area contributed by atoms with E-state index in [1.165, 1.54) is 48.9 Å². The van der Waals surface area contributed by atoms with Crippen LogP contribution in [0.25, 0.3) is 11.0 Å². The first kappa shape index (κ1) is 50.4. The van der Waals surface area contributed by atoms with E-state index in [1.807, 2.05) is 37.4 Å². The molecule has 0 radical (unpaired) electrons. The fraction of sp³-hybridized carbons (Fsp3) is 0.544. The third-order valence-electron chi connectivity index (χ3n) is 17.6. The third-order valence-corrected chi connectivity index (χ3v) is 19.0. The molecule has 1 amide bonds. The Morgan fingerprint density at radius 1 is 0.946 bits per heavy atom. The van der Waals surface area contributed by atoms with Gasteiger partial charge in [0.05, 0.1) is 39.3 Å². The van der Waals surface area contributed by atoms with Crippen molar-refractivity contribution in [2.75, 3.05) is 54.5 Å². The molecule has 3 atom stereocenters. The number of sulfonamides is 1. The quantitative estimate of drug-likeness (QED) is 0.0681. The van der Waals surface area contributed by atoms with E-state index in [9.17, 15) is 28.4 Å². The number of aromatic nitrogens is 2. The standard InChI is InChI=1S/C57H72N8O8S/c1-36(2)42-8-6-7-9-43(42)46-16-19-55(3,4)35-63(46)40-31-57(32-40)22-25-62(26-23-57)39-10-12-44(48(29-39)64-47-18-27-72-34-51(47)73-54-50(64)28-38-17-24-58-52(38)60-54)53(66)61-74(70,71)41-11-13-45(49(30-41)65(68)69)59-33-37-14-20-56(5,67)21-15-37/h6-13,17,24,28-30,36-37,40,46-47,51,59,67H,14-16,18-23,25-27,31-35H2,1-5H3,(H,58,60)(H,61,66)/t37?,46-,47-,51-,56?/m0/s1. The number of hydrogen-bond donors (Lipinski definition) is 4. The lowest BCUT2D eigenvalue weighted by Gasteiger charge is -2.59. The van der Waals surface area contributed by atoms with Crippen LogP contribution in [-0.4, -0.2) is 102 Å². The first-order valence-corrected chi connectivity index (χ1v) is 28.4. The molecule has 6 heterocycles. The van der Waals surface area contributed by atoms with E-state index >= 15 is 0 Å². The molecule has 4 aliphatic heterocycles. The van der Waals surface area contributed by atoms with Crippen LogP contribution in [0, 0.1) is 26.9 Å². The Kier molecular flexibility index (Phi) is 13.2. The SMILES string of the molecule is CC(C)c1ccccc1[C@@H]1CCC(C)(C)CN1C1CC2(CCN(c3ccc(C(=O)NS(=O)(=O)c4ccc(NCC5CCC(C)(O)CC5)c([N+](=O)[O-])c4)c(N4c5cc6cc[nH]c6nc5O[C@H]5COCC[C@@H]54)c3)CC2)C1. The van der Waals surface area contributed by atoms with Gasteiger partial charge in [0.15, 0.2) is 0 Å². The molecular weight excluding hydrogens is 957 g/mol. The van der Waals surface area contributed by atoms with Crippen LogP contribution in [0.5, 0.6) is 5.88 Å². The van der Waals surface area contributed by atoms with E-state index in [1.54, 1.807) is 6.07 Å². The number of hydrogen-bond acceptors (Lipinski definition) is 13. The molecule has 5 fully saturated rings. The minimum Gasteiger partial charge on any atom is -0.468 e. The summed E-state index contributed by atoms with van der Waals surface area (Å²) in [7, 11) is -4.62. The number of benzene rings is 3. The van der Waals surface area contributed by atoms with E-state index in [0.29, 0.717) is 79.9 Å². The largest absolute Gasteiger partial charge is 0.468 e. The highest BCUT2D eigenvalue weighted by Gasteiger charge is 2.51. The van der Waals surface area contributed by atoms with Crippen LogP contribution in [0.3, 0.4) is 0 Å². The Labute approximate surface area is 434 Å². The summed E-state index contributed by atoms with van der Waals surface area (Å²) in [6.45, 7) is 15.3. The number of aromatic amines is 1. The zero-order valence-corrected chi connectivity index (χ0v) is 44.3. The molecule has 16 nitrogen and oxygen atoms in total. The fourth-order valence-corrected chi connectivity index (χ4v) is 14.3. The van der Waals surface area contributed by atoms with Crippen molar-refractivity contribution >= 4 is 55.4 Å². The zero-order valence-electron chi connectivity index (χ0n) is 43.4. The Balaban J connectivity index is 0.868. The molecule has 394 valence electrons. The highest BCUT2D eigenvalue weighted by atomic mass is 32.2. The molecule has 5 aromatic rings. The molecule has 3 aromatic carbocycles. The number of nitrogens with one attached hydrogen (secondary N) is 3. The second-order valence-corrected chi connectivity index (χ2v) is 25.5. The number of rotatable bonds is 12. The van der Waals surface area contributed by atoms with E-state index < -0.39 is 43.1 Å². The molecule has 3 saturated heterocycles. The number of pyridine rings is 1. The van der Waals surface area contributed by atoms with Gasteiger partial charge in [-0.1, -0.05) is 52.0 Å². The van der Waals surface area contributed by atoms with E-state index in [0.717, 1.165) is 62.5 Å². The number of amides is 1. The molecule has 0 bridgehead atoms. The summed E-state index contributed by atoms with van der Waals surface area (Å²) in [5.41, 5.74) is 5.39. The van der Waals surface area contributed by atoms with Crippen molar-refractivity contribution in [3.63, 3.8) is 0 Å². The maximum absolute atomic E-state index is 14.8. The Bertz CT molecular complexity index is 3040. The first-order chi connectivity index (χ1) is 35.3.